The fourth-order valence-electron chi connectivity index (χ4n) is 3.64. The summed E-state index contributed by atoms with van der Waals surface area (Å²) in [6, 6.07) is 20.9. The highest BCUT2D eigenvalue weighted by atomic mass is 35.5. The van der Waals surface area contributed by atoms with Crippen LogP contribution in [0.25, 0.3) is 27.5 Å². The summed E-state index contributed by atoms with van der Waals surface area (Å²) in [5.74, 6) is -0.377. The molecule has 0 spiro atoms. The van der Waals surface area contributed by atoms with E-state index in [1.807, 2.05) is 55.5 Å². The summed E-state index contributed by atoms with van der Waals surface area (Å²) in [6.45, 7) is 1.65. The quantitative estimate of drug-likeness (QED) is 0.448. The van der Waals surface area contributed by atoms with Crippen LogP contribution in [0.4, 0.5) is 5.69 Å². The van der Waals surface area contributed by atoms with Crippen LogP contribution in [0.15, 0.2) is 77.9 Å². The van der Waals surface area contributed by atoms with E-state index in [9.17, 15) is 9.59 Å². The molecule has 2 heterocycles. The standard InChI is InChI=1S/C24H18ClN5O2/c1-15-9-10-17(11-20(15)25)27-23(31)13-29-24(32)22-12-21(28-30(22)14-26-29)19-8-4-6-16-5-2-3-7-18(16)19/h2-12,14H,13H2,1H3,(H,27,31). The van der Waals surface area contributed by atoms with Crippen molar-refractivity contribution in [2.75, 3.05) is 5.32 Å². The molecule has 5 rings (SSSR count). The molecule has 0 fully saturated rings. The third-order valence-electron chi connectivity index (χ3n) is 5.30. The minimum absolute atomic E-state index is 0.227. The van der Waals surface area contributed by atoms with E-state index in [1.54, 1.807) is 18.2 Å². The summed E-state index contributed by atoms with van der Waals surface area (Å²) in [4.78, 5) is 25.4. The molecule has 0 unspecified atom stereocenters. The van der Waals surface area contributed by atoms with E-state index in [1.165, 1.54) is 10.8 Å². The Bertz CT molecular complexity index is 1550. The van der Waals surface area contributed by atoms with Gasteiger partial charge < -0.3 is 5.32 Å². The van der Waals surface area contributed by atoms with E-state index in [0.717, 1.165) is 26.6 Å². The van der Waals surface area contributed by atoms with Gasteiger partial charge in [-0.15, -0.1) is 0 Å². The fraction of sp³-hybridized carbons (Fsp3) is 0.0833. The molecule has 1 N–H and O–H groups in total. The minimum Gasteiger partial charge on any atom is -0.324 e. The van der Waals surface area contributed by atoms with Gasteiger partial charge in [0, 0.05) is 16.3 Å². The van der Waals surface area contributed by atoms with E-state index in [4.69, 9.17) is 11.6 Å². The average Bonchev–Trinajstić information content (AvgIpc) is 3.23. The molecule has 0 radical (unpaired) electrons. The molecule has 1 amide bonds. The molecule has 0 aliphatic heterocycles. The number of carbonyl (C=O) groups is 1. The topological polar surface area (TPSA) is 81.3 Å². The first-order valence-electron chi connectivity index (χ1n) is 9.99. The van der Waals surface area contributed by atoms with E-state index >= 15 is 0 Å². The van der Waals surface area contributed by atoms with Crippen molar-refractivity contribution in [3.8, 4) is 11.3 Å². The van der Waals surface area contributed by atoms with Gasteiger partial charge in [0.05, 0.1) is 5.69 Å². The Morgan fingerprint density at radius 2 is 1.88 bits per heavy atom. The second kappa shape index (κ2) is 7.94. The smallest absolute Gasteiger partial charge is 0.293 e. The van der Waals surface area contributed by atoms with Gasteiger partial charge in [-0.2, -0.15) is 10.2 Å². The number of fused-ring (bicyclic) bond motifs is 2. The number of aryl methyl sites for hydroxylation is 1. The Balaban J connectivity index is 1.46. The SMILES string of the molecule is Cc1ccc(NC(=O)Cn2ncn3nc(-c4cccc5ccccc45)cc3c2=O)cc1Cl. The van der Waals surface area contributed by atoms with Crippen LogP contribution < -0.4 is 10.9 Å². The Morgan fingerprint density at radius 3 is 2.72 bits per heavy atom. The molecular formula is C24H18ClN5O2. The van der Waals surface area contributed by atoms with Gasteiger partial charge >= 0.3 is 0 Å². The van der Waals surface area contributed by atoms with Crippen LogP contribution in [0.1, 0.15) is 5.56 Å². The molecule has 32 heavy (non-hydrogen) atoms. The molecule has 2 aromatic heterocycles. The van der Waals surface area contributed by atoms with Gasteiger partial charge in [0.2, 0.25) is 5.91 Å². The normalized spacial score (nSPS) is 11.2. The number of nitrogens with zero attached hydrogens (tertiary/aromatic N) is 4. The maximum atomic E-state index is 13.0. The van der Waals surface area contributed by atoms with E-state index < -0.39 is 5.56 Å². The van der Waals surface area contributed by atoms with Crippen LogP contribution in [0.3, 0.4) is 0 Å². The number of benzene rings is 3. The van der Waals surface area contributed by atoms with Gasteiger partial charge in [-0.25, -0.2) is 9.20 Å². The van der Waals surface area contributed by atoms with Crippen LogP contribution in [0.5, 0.6) is 0 Å². The Kier molecular flexibility index (Phi) is 4.95. The second-order valence-corrected chi connectivity index (χ2v) is 7.90. The number of amides is 1. The maximum Gasteiger partial charge on any atom is 0.293 e. The highest BCUT2D eigenvalue weighted by Gasteiger charge is 2.14. The van der Waals surface area contributed by atoms with Crippen molar-refractivity contribution in [3.05, 3.63) is 94.0 Å². The zero-order valence-corrected chi connectivity index (χ0v) is 17.9. The summed E-state index contributed by atoms with van der Waals surface area (Å²) in [7, 11) is 0. The molecule has 0 aliphatic rings. The largest absolute Gasteiger partial charge is 0.324 e. The summed E-state index contributed by atoms with van der Waals surface area (Å²) < 4.78 is 2.56. The van der Waals surface area contributed by atoms with Gasteiger partial charge in [0.15, 0.2) is 0 Å². The number of rotatable bonds is 4. The number of halogens is 1. The van der Waals surface area contributed by atoms with Crippen molar-refractivity contribution < 1.29 is 4.79 Å². The van der Waals surface area contributed by atoms with Gasteiger partial charge in [-0.1, -0.05) is 60.1 Å². The molecule has 0 aliphatic carbocycles. The third-order valence-corrected chi connectivity index (χ3v) is 5.71. The summed E-state index contributed by atoms with van der Waals surface area (Å²) in [6.07, 6.45) is 1.43. The zero-order valence-electron chi connectivity index (χ0n) is 17.1. The molecule has 8 heteroatoms. The number of carbonyl (C=O) groups excluding carboxylic acids is 1. The lowest BCUT2D eigenvalue weighted by molar-refractivity contribution is -0.117. The molecule has 7 nitrogen and oxygen atoms in total. The third kappa shape index (κ3) is 3.63. The maximum absolute atomic E-state index is 13.0. The van der Waals surface area contributed by atoms with Crippen LogP contribution in [-0.2, 0) is 11.3 Å². The van der Waals surface area contributed by atoms with Gasteiger partial charge in [-0.3, -0.25) is 9.59 Å². The van der Waals surface area contributed by atoms with Crippen molar-refractivity contribution >= 4 is 39.5 Å². The van der Waals surface area contributed by atoms with E-state index in [0.29, 0.717) is 21.9 Å². The summed E-state index contributed by atoms with van der Waals surface area (Å²) >= 11 is 6.11. The van der Waals surface area contributed by atoms with Gasteiger partial charge in [-0.05, 0) is 41.5 Å². The van der Waals surface area contributed by atoms with Crippen LogP contribution in [-0.4, -0.2) is 25.3 Å². The molecule has 3 aromatic carbocycles. The average molecular weight is 444 g/mol. The summed E-state index contributed by atoms with van der Waals surface area (Å²) in [5, 5.41) is 14.1. The van der Waals surface area contributed by atoms with Crippen LogP contribution >= 0.6 is 11.6 Å². The Hall–Kier alpha value is -3.97. The van der Waals surface area contributed by atoms with E-state index in [2.05, 4.69) is 15.5 Å². The van der Waals surface area contributed by atoms with Crippen molar-refractivity contribution in [1.82, 2.24) is 19.4 Å². The van der Waals surface area contributed by atoms with Crippen molar-refractivity contribution in [1.29, 1.82) is 0 Å². The van der Waals surface area contributed by atoms with Gasteiger partial charge in [0.1, 0.15) is 18.4 Å². The van der Waals surface area contributed by atoms with E-state index in [-0.39, 0.29) is 12.5 Å². The van der Waals surface area contributed by atoms with Crippen LogP contribution in [0, 0.1) is 6.92 Å². The Labute approximate surface area is 187 Å². The van der Waals surface area contributed by atoms with Crippen molar-refractivity contribution in [3.63, 3.8) is 0 Å². The number of nitrogens with one attached hydrogen (secondary N) is 1. The highest BCUT2D eigenvalue weighted by Crippen LogP contribution is 2.27. The van der Waals surface area contributed by atoms with Crippen molar-refractivity contribution in [2.45, 2.75) is 13.5 Å². The highest BCUT2D eigenvalue weighted by molar-refractivity contribution is 6.31. The lowest BCUT2D eigenvalue weighted by Gasteiger charge is -2.08. The fourth-order valence-corrected chi connectivity index (χ4v) is 3.82. The monoisotopic (exact) mass is 443 g/mol. The predicted octanol–water partition coefficient (Wildman–Crippen LogP) is 4.31. The second-order valence-electron chi connectivity index (χ2n) is 7.49. The predicted molar refractivity (Wildman–Crippen MR) is 125 cm³/mol. The first-order valence-corrected chi connectivity index (χ1v) is 10.4. The minimum atomic E-state index is -0.399. The van der Waals surface area contributed by atoms with Crippen molar-refractivity contribution in [2.24, 2.45) is 0 Å². The number of aromatic nitrogens is 4. The molecule has 158 valence electrons. The Morgan fingerprint density at radius 1 is 1.06 bits per heavy atom. The lowest BCUT2D eigenvalue weighted by Crippen LogP contribution is -2.30. The number of anilines is 1. The lowest BCUT2D eigenvalue weighted by atomic mass is 10.0. The molecule has 0 atom stereocenters. The molecule has 5 aromatic rings. The first-order chi connectivity index (χ1) is 15.5. The molecule has 0 saturated carbocycles. The van der Waals surface area contributed by atoms with Gasteiger partial charge in [0.25, 0.3) is 5.56 Å². The molecule has 0 saturated heterocycles. The molecule has 0 bridgehead atoms. The number of hydrogen-bond donors (Lipinski definition) is 1. The first kappa shape index (κ1) is 20.0. The zero-order chi connectivity index (χ0) is 22.2. The van der Waals surface area contributed by atoms with Crippen LogP contribution in [0.2, 0.25) is 5.02 Å². The summed E-state index contributed by atoms with van der Waals surface area (Å²) in [5.41, 5.74) is 3.00. The molecular weight excluding hydrogens is 426 g/mol. The number of hydrogen-bond acceptors (Lipinski definition) is 4.